The van der Waals surface area contributed by atoms with Crippen molar-refractivity contribution in [1.82, 2.24) is 9.88 Å². The number of aromatic nitrogens is 1. The second-order valence-corrected chi connectivity index (χ2v) is 9.27. The zero-order chi connectivity index (χ0) is 23.3. The minimum Gasteiger partial charge on any atom is -0.478 e. The maximum absolute atomic E-state index is 15.4. The Balaban J connectivity index is 1.67. The summed E-state index contributed by atoms with van der Waals surface area (Å²) >= 11 is 0. The van der Waals surface area contributed by atoms with Gasteiger partial charge >= 0.3 is 5.97 Å². The summed E-state index contributed by atoms with van der Waals surface area (Å²) in [4.78, 5) is 16.0. The SMILES string of the molecule is C[C@@H]1Cc2c([nH]c3ccccc23)[C@@H](c2c(F)cc(/C=C/C(=O)O)cc2F)N1CC1(F)CCC1. The first kappa shape index (κ1) is 21.8. The van der Waals surface area contributed by atoms with Crippen LogP contribution in [-0.2, 0) is 11.2 Å². The molecule has 2 atom stereocenters. The lowest BCUT2D eigenvalue weighted by Crippen LogP contribution is -2.52. The van der Waals surface area contributed by atoms with E-state index >= 15 is 13.2 Å². The molecule has 2 N–H and O–H groups in total. The van der Waals surface area contributed by atoms with E-state index in [0.29, 0.717) is 25.0 Å². The molecule has 0 radical (unpaired) electrons. The molecule has 172 valence electrons. The van der Waals surface area contributed by atoms with Crippen LogP contribution < -0.4 is 0 Å². The summed E-state index contributed by atoms with van der Waals surface area (Å²) in [5, 5.41) is 9.83. The summed E-state index contributed by atoms with van der Waals surface area (Å²) in [5.41, 5.74) is 1.17. The number of alkyl halides is 1. The summed E-state index contributed by atoms with van der Waals surface area (Å²) in [7, 11) is 0. The van der Waals surface area contributed by atoms with Crippen molar-refractivity contribution < 1.29 is 23.1 Å². The zero-order valence-electron chi connectivity index (χ0n) is 18.2. The summed E-state index contributed by atoms with van der Waals surface area (Å²) in [6.07, 6.45) is 4.35. The van der Waals surface area contributed by atoms with Crippen molar-refractivity contribution in [3.05, 3.63) is 76.5 Å². The van der Waals surface area contributed by atoms with E-state index in [1.165, 1.54) is 0 Å². The molecule has 4 nitrogen and oxygen atoms in total. The van der Waals surface area contributed by atoms with Gasteiger partial charge in [-0.25, -0.2) is 18.0 Å². The van der Waals surface area contributed by atoms with E-state index in [1.54, 1.807) is 0 Å². The summed E-state index contributed by atoms with van der Waals surface area (Å²) in [5.74, 6) is -2.77. The zero-order valence-corrected chi connectivity index (χ0v) is 18.2. The molecule has 5 rings (SSSR count). The Kier molecular flexibility index (Phi) is 5.32. The Morgan fingerprint density at radius 1 is 1.24 bits per heavy atom. The number of carboxylic acids is 1. The van der Waals surface area contributed by atoms with Gasteiger partial charge < -0.3 is 10.1 Å². The van der Waals surface area contributed by atoms with Gasteiger partial charge in [-0.1, -0.05) is 18.2 Å². The summed E-state index contributed by atoms with van der Waals surface area (Å²) in [6, 6.07) is 9.06. The van der Waals surface area contributed by atoms with E-state index in [4.69, 9.17) is 5.11 Å². The van der Waals surface area contributed by atoms with Crippen LogP contribution in [0.5, 0.6) is 0 Å². The van der Waals surface area contributed by atoms with Crippen LogP contribution in [0.15, 0.2) is 42.5 Å². The van der Waals surface area contributed by atoms with Crippen LogP contribution in [0.1, 0.15) is 54.6 Å². The van der Waals surface area contributed by atoms with E-state index in [2.05, 4.69) is 4.98 Å². The molecular formula is C26H25F3N2O2. The highest BCUT2D eigenvalue weighted by atomic mass is 19.1. The fourth-order valence-electron chi connectivity index (χ4n) is 5.24. The summed E-state index contributed by atoms with van der Waals surface area (Å²) in [6.45, 7) is 2.08. The smallest absolute Gasteiger partial charge is 0.328 e. The van der Waals surface area contributed by atoms with Crippen molar-refractivity contribution in [3.63, 3.8) is 0 Å². The molecule has 0 amide bonds. The molecule has 33 heavy (non-hydrogen) atoms. The highest BCUT2D eigenvalue weighted by Crippen LogP contribution is 2.46. The monoisotopic (exact) mass is 454 g/mol. The third-order valence-corrected chi connectivity index (χ3v) is 7.03. The van der Waals surface area contributed by atoms with Crippen molar-refractivity contribution >= 4 is 22.9 Å². The number of halogens is 3. The average Bonchev–Trinajstić information content (AvgIpc) is 3.10. The largest absolute Gasteiger partial charge is 0.478 e. The molecule has 3 aromatic rings. The Bertz CT molecular complexity index is 1240. The van der Waals surface area contributed by atoms with Crippen LogP contribution in [0, 0.1) is 11.6 Å². The highest BCUT2D eigenvalue weighted by molar-refractivity contribution is 5.86. The number of aromatic amines is 1. The van der Waals surface area contributed by atoms with E-state index in [-0.39, 0.29) is 23.7 Å². The minimum absolute atomic E-state index is 0.104. The quantitative estimate of drug-likeness (QED) is 0.481. The van der Waals surface area contributed by atoms with Crippen molar-refractivity contribution in [3.8, 4) is 0 Å². The van der Waals surface area contributed by atoms with E-state index in [1.807, 2.05) is 36.1 Å². The normalized spacial score (nSPS) is 22.4. The number of rotatable bonds is 5. The highest BCUT2D eigenvalue weighted by Gasteiger charge is 2.45. The molecule has 2 aliphatic rings. The Hall–Kier alpha value is -3.06. The molecule has 0 spiro atoms. The maximum atomic E-state index is 15.4. The number of fused-ring (bicyclic) bond motifs is 3. The molecule has 0 saturated heterocycles. The molecule has 1 aromatic heterocycles. The van der Waals surface area contributed by atoms with E-state index in [0.717, 1.165) is 47.2 Å². The molecule has 0 bridgehead atoms. The third kappa shape index (κ3) is 3.84. The molecule has 2 aromatic carbocycles. The number of benzene rings is 2. The van der Waals surface area contributed by atoms with E-state index in [9.17, 15) is 4.79 Å². The number of nitrogens with one attached hydrogen (secondary N) is 1. The molecule has 1 saturated carbocycles. The van der Waals surface area contributed by atoms with Gasteiger partial charge in [-0.2, -0.15) is 0 Å². The lowest BCUT2D eigenvalue weighted by Gasteiger charge is -2.46. The van der Waals surface area contributed by atoms with Gasteiger partial charge in [0.2, 0.25) is 0 Å². The molecular weight excluding hydrogens is 429 g/mol. The number of H-pyrrole nitrogens is 1. The van der Waals surface area contributed by atoms with Crippen LogP contribution in [-0.4, -0.2) is 39.2 Å². The fraction of sp³-hybridized carbons (Fsp3) is 0.346. The van der Waals surface area contributed by atoms with Gasteiger partial charge in [0, 0.05) is 40.8 Å². The number of hydrogen-bond donors (Lipinski definition) is 2. The third-order valence-electron chi connectivity index (χ3n) is 7.03. The lowest BCUT2D eigenvalue weighted by molar-refractivity contribution is -0.131. The van der Waals surface area contributed by atoms with Crippen LogP contribution in [0.25, 0.3) is 17.0 Å². The fourth-order valence-corrected chi connectivity index (χ4v) is 5.24. The predicted molar refractivity (Wildman–Crippen MR) is 121 cm³/mol. The first-order valence-electron chi connectivity index (χ1n) is 11.2. The van der Waals surface area contributed by atoms with Gasteiger partial charge in [0.25, 0.3) is 0 Å². The van der Waals surface area contributed by atoms with Crippen LogP contribution in [0.3, 0.4) is 0 Å². The molecule has 1 aliphatic heterocycles. The number of carbonyl (C=O) groups is 1. The number of para-hydroxylation sites is 1. The van der Waals surface area contributed by atoms with Gasteiger partial charge in [0.1, 0.15) is 17.3 Å². The minimum atomic E-state index is -1.35. The standard InChI is InChI=1S/C26H25F3N2O2/c1-15-11-18-17-5-2-3-6-21(17)30-24(18)25(31(15)14-26(29)9-4-10-26)23-19(27)12-16(13-20(23)28)7-8-22(32)33/h2-3,5-8,12-13,15,25,30H,4,9-11,14H2,1H3,(H,32,33)/b8-7+/t15-,25-/m1/s1. The van der Waals surface area contributed by atoms with Gasteiger partial charge in [0.05, 0.1) is 6.04 Å². The van der Waals surface area contributed by atoms with Crippen molar-refractivity contribution in [2.75, 3.05) is 6.54 Å². The number of carboxylic acid groups (broad SMARTS) is 1. The topological polar surface area (TPSA) is 56.3 Å². The molecule has 7 heteroatoms. The van der Waals surface area contributed by atoms with Crippen molar-refractivity contribution in [2.45, 2.75) is 50.4 Å². The Morgan fingerprint density at radius 2 is 1.94 bits per heavy atom. The number of aliphatic carboxylic acids is 1. The molecule has 1 aliphatic carbocycles. The lowest BCUT2D eigenvalue weighted by atomic mass is 9.79. The van der Waals surface area contributed by atoms with Crippen molar-refractivity contribution in [2.24, 2.45) is 0 Å². The second kappa shape index (κ2) is 8.06. The number of hydrogen-bond acceptors (Lipinski definition) is 2. The Morgan fingerprint density at radius 3 is 2.58 bits per heavy atom. The van der Waals surface area contributed by atoms with Crippen LogP contribution in [0.4, 0.5) is 13.2 Å². The van der Waals surface area contributed by atoms with Crippen molar-refractivity contribution in [1.29, 1.82) is 0 Å². The van der Waals surface area contributed by atoms with Crippen LogP contribution >= 0.6 is 0 Å². The predicted octanol–water partition coefficient (Wildman–Crippen LogP) is 5.77. The van der Waals surface area contributed by atoms with Gasteiger partial charge in [0.15, 0.2) is 0 Å². The van der Waals surface area contributed by atoms with Gasteiger partial charge in [-0.3, -0.25) is 4.90 Å². The van der Waals surface area contributed by atoms with E-state index < -0.39 is 29.3 Å². The first-order valence-corrected chi connectivity index (χ1v) is 11.2. The van der Waals surface area contributed by atoms with Gasteiger partial charge in [-0.15, -0.1) is 0 Å². The number of nitrogens with zero attached hydrogens (tertiary/aromatic N) is 1. The average molecular weight is 454 g/mol. The maximum Gasteiger partial charge on any atom is 0.328 e. The summed E-state index contributed by atoms with van der Waals surface area (Å²) < 4.78 is 46.2. The van der Waals surface area contributed by atoms with Gasteiger partial charge in [-0.05, 0) is 68.0 Å². The van der Waals surface area contributed by atoms with Crippen LogP contribution in [0.2, 0.25) is 0 Å². The first-order chi connectivity index (χ1) is 15.8. The molecule has 0 unspecified atom stereocenters. The Labute approximate surface area is 189 Å². The second-order valence-electron chi connectivity index (χ2n) is 9.27. The molecule has 2 heterocycles. The molecule has 1 fully saturated rings.